The predicted molar refractivity (Wildman–Crippen MR) is 96.1 cm³/mol. The zero-order valence-electron chi connectivity index (χ0n) is 15.1. The van der Waals surface area contributed by atoms with Gasteiger partial charge in [-0.05, 0) is 27.2 Å². The fourth-order valence-corrected chi connectivity index (χ4v) is 4.80. The molecule has 25 heavy (non-hydrogen) atoms. The van der Waals surface area contributed by atoms with Crippen molar-refractivity contribution in [2.24, 2.45) is 5.73 Å². The van der Waals surface area contributed by atoms with Crippen molar-refractivity contribution in [2.45, 2.75) is 51.0 Å². The molecule has 144 valence electrons. The number of piperazine rings is 1. The Morgan fingerprint density at radius 3 is 2.28 bits per heavy atom. The molecule has 0 bridgehead atoms. The van der Waals surface area contributed by atoms with E-state index in [2.05, 4.69) is 5.16 Å². The van der Waals surface area contributed by atoms with E-state index in [-0.39, 0.29) is 42.1 Å². The van der Waals surface area contributed by atoms with Crippen LogP contribution < -0.4 is 5.73 Å². The highest BCUT2D eigenvalue weighted by Crippen LogP contribution is 2.24. The van der Waals surface area contributed by atoms with Gasteiger partial charge in [-0.2, -0.15) is 4.31 Å². The number of nitrogens with zero attached hydrogens (tertiary/aromatic N) is 3. The number of hydrogen-bond acceptors (Lipinski definition) is 6. The molecule has 1 amide bonds. The first-order valence-electron chi connectivity index (χ1n) is 8.12. The Labute approximate surface area is 155 Å². The Morgan fingerprint density at radius 2 is 1.84 bits per heavy atom. The van der Waals surface area contributed by atoms with Gasteiger partial charge in [0.25, 0.3) is 0 Å². The molecule has 0 radical (unpaired) electrons. The van der Waals surface area contributed by atoms with Gasteiger partial charge < -0.3 is 15.2 Å². The highest BCUT2D eigenvalue weighted by atomic mass is 35.5. The number of amides is 1. The first-order valence-corrected chi connectivity index (χ1v) is 9.56. The van der Waals surface area contributed by atoms with Crippen molar-refractivity contribution in [1.29, 1.82) is 0 Å². The lowest BCUT2D eigenvalue weighted by Gasteiger charge is -2.37. The number of rotatable bonds is 5. The van der Waals surface area contributed by atoms with Crippen molar-refractivity contribution in [3.05, 3.63) is 11.5 Å². The van der Waals surface area contributed by atoms with E-state index in [0.717, 1.165) is 6.42 Å². The minimum absolute atomic E-state index is 0. The summed E-state index contributed by atoms with van der Waals surface area (Å²) in [5, 5.41) is 3.71. The van der Waals surface area contributed by atoms with Crippen molar-refractivity contribution in [1.82, 2.24) is 14.4 Å². The van der Waals surface area contributed by atoms with Crippen LogP contribution in [0.25, 0.3) is 0 Å². The number of carbonyl (C=O) groups is 1. The average Bonchev–Trinajstić information content (AvgIpc) is 2.86. The molecule has 2 N–H and O–H groups in total. The van der Waals surface area contributed by atoms with E-state index in [4.69, 9.17) is 10.3 Å². The van der Waals surface area contributed by atoms with E-state index in [1.165, 1.54) is 4.31 Å². The molecule has 1 aliphatic heterocycles. The molecule has 0 spiro atoms. The molecule has 1 aliphatic rings. The van der Waals surface area contributed by atoms with Crippen molar-refractivity contribution < 1.29 is 17.7 Å². The largest absolute Gasteiger partial charge is 0.360 e. The van der Waals surface area contributed by atoms with Gasteiger partial charge in [0.15, 0.2) is 5.76 Å². The zero-order valence-corrected chi connectivity index (χ0v) is 16.7. The third-order valence-corrected chi connectivity index (χ3v) is 6.49. The molecule has 1 unspecified atom stereocenters. The predicted octanol–water partition coefficient (Wildman–Crippen LogP) is 1.06. The van der Waals surface area contributed by atoms with Gasteiger partial charge in [0.2, 0.25) is 15.9 Å². The topological polar surface area (TPSA) is 110 Å². The van der Waals surface area contributed by atoms with E-state index in [0.29, 0.717) is 25.2 Å². The van der Waals surface area contributed by atoms with Gasteiger partial charge in [-0.1, -0.05) is 18.5 Å². The van der Waals surface area contributed by atoms with E-state index in [1.54, 1.807) is 25.7 Å². The monoisotopic (exact) mass is 394 g/mol. The number of nitrogens with two attached hydrogens (primary N) is 1. The Bertz CT molecular complexity index is 690. The third-order valence-electron chi connectivity index (χ3n) is 4.35. The second kappa shape index (κ2) is 8.03. The lowest BCUT2D eigenvalue weighted by molar-refractivity contribution is -0.137. The summed E-state index contributed by atoms with van der Waals surface area (Å²) >= 11 is 0. The van der Waals surface area contributed by atoms with Crippen LogP contribution in [0.1, 0.15) is 38.1 Å². The van der Waals surface area contributed by atoms with E-state index in [9.17, 15) is 13.2 Å². The first-order chi connectivity index (χ1) is 11.1. The second-order valence-electron chi connectivity index (χ2n) is 6.52. The molecule has 10 heteroatoms. The zero-order chi connectivity index (χ0) is 18.1. The van der Waals surface area contributed by atoms with Crippen LogP contribution in [0.5, 0.6) is 0 Å². The molecule has 1 saturated heterocycles. The number of carbonyl (C=O) groups excluding carboxylic acids is 1. The molecule has 0 aromatic carbocycles. The molecular formula is C15H27ClN4O4S. The van der Waals surface area contributed by atoms with Crippen LogP contribution in [0.4, 0.5) is 0 Å². The molecular weight excluding hydrogens is 368 g/mol. The van der Waals surface area contributed by atoms with Crippen molar-refractivity contribution in [3.63, 3.8) is 0 Å². The van der Waals surface area contributed by atoms with Gasteiger partial charge in [-0.3, -0.25) is 4.79 Å². The summed E-state index contributed by atoms with van der Waals surface area (Å²) in [4.78, 5) is 14.3. The molecule has 1 aromatic rings. The quantitative estimate of drug-likeness (QED) is 0.799. The van der Waals surface area contributed by atoms with Crippen LogP contribution in [-0.4, -0.2) is 60.4 Å². The standard InChI is InChI=1S/C15H26N4O4S.ClH/c1-5-6-15(4,16)14(20)18-7-9-19(10-8-18)24(21,22)13-11(2)17-23-12(13)3;/h5-10,16H2,1-4H3;1H. The SMILES string of the molecule is CCCC(C)(N)C(=O)N1CCN(S(=O)(=O)c2c(C)noc2C)CC1.Cl. The maximum absolute atomic E-state index is 12.8. The highest BCUT2D eigenvalue weighted by molar-refractivity contribution is 7.89. The average molecular weight is 395 g/mol. The Kier molecular flexibility index (Phi) is 7.03. The molecule has 1 aromatic heterocycles. The summed E-state index contributed by atoms with van der Waals surface area (Å²) in [6.45, 7) is 8.03. The van der Waals surface area contributed by atoms with Crippen molar-refractivity contribution >= 4 is 28.3 Å². The molecule has 0 saturated carbocycles. The van der Waals surface area contributed by atoms with E-state index < -0.39 is 15.6 Å². The summed E-state index contributed by atoms with van der Waals surface area (Å²) in [5.41, 5.74) is 5.54. The van der Waals surface area contributed by atoms with Gasteiger partial charge in [0.1, 0.15) is 10.6 Å². The highest BCUT2D eigenvalue weighted by Gasteiger charge is 2.37. The van der Waals surface area contributed by atoms with Crippen LogP contribution in [0.3, 0.4) is 0 Å². The third kappa shape index (κ3) is 4.33. The van der Waals surface area contributed by atoms with Crippen molar-refractivity contribution in [2.75, 3.05) is 26.2 Å². The van der Waals surface area contributed by atoms with Crippen LogP contribution in [0, 0.1) is 13.8 Å². The molecule has 1 fully saturated rings. The summed E-state index contributed by atoms with van der Waals surface area (Å²) in [7, 11) is -3.67. The second-order valence-corrected chi connectivity index (χ2v) is 8.39. The summed E-state index contributed by atoms with van der Waals surface area (Å²) in [5.74, 6) is 0.155. The summed E-state index contributed by atoms with van der Waals surface area (Å²) in [6.07, 6.45) is 1.42. The first kappa shape index (κ1) is 21.9. The Morgan fingerprint density at radius 1 is 1.28 bits per heavy atom. The maximum Gasteiger partial charge on any atom is 0.248 e. The molecule has 8 nitrogen and oxygen atoms in total. The number of hydrogen-bond donors (Lipinski definition) is 1. The van der Waals surface area contributed by atoms with Crippen molar-refractivity contribution in [3.8, 4) is 0 Å². The van der Waals surface area contributed by atoms with Gasteiger partial charge >= 0.3 is 0 Å². The number of aryl methyl sites for hydroxylation is 2. The number of halogens is 1. The van der Waals surface area contributed by atoms with Gasteiger partial charge in [0.05, 0.1) is 5.54 Å². The van der Waals surface area contributed by atoms with E-state index in [1.807, 2.05) is 6.92 Å². The minimum atomic E-state index is -3.67. The lowest BCUT2D eigenvalue weighted by Crippen LogP contribution is -2.58. The fraction of sp³-hybridized carbons (Fsp3) is 0.733. The lowest BCUT2D eigenvalue weighted by atomic mass is 9.95. The van der Waals surface area contributed by atoms with Crippen LogP contribution in [0.15, 0.2) is 9.42 Å². The Hall–Kier alpha value is -1.16. The molecule has 1 atom stereocenters. The number of sulfonamides is 1. The normalized spacial score (nSPS) is 18.5. The van der Waals surface area contributed by atoms with Crippen LogP contribution in [0.2, 0.25) is 0 Å². The molecule has 0 aliphatic carbocycles. The van der Waals surface area contributed by atoms with Gasteiger partial charge in [0, 0.05) is 26.2 Å². The van der Waals surface area contributed by atoms with Crippen LogP contribution >= 0.6 is 12.4 Å². The Balaban J connectivity index is 0.00000312. The number of aromatic nitrogens is 1. The molecule has 2 rings (SSSR count). The van der Waals surface area contributed by atoms with Crippen LogP contribution in [-0.2, 0) is 14.8 Å². The molecule has 2 heterocycles. The smallest absolute Gasteiger partial charge is 0.248 e. The van der Waals surface area contributed by atoms with Gasteiger partial charge in [-0.15, -0.1) is 12.4 Å². The minimum Gasteiger partial charge on any atom is -0.360 e. The summed E-state index contributed by atoms with van der Waals surface area (Å²) < 4.78 is 31.9. The van der Waals surface area contributed by atoms with E-state index >= 15 is 0 Å². The van der Waals surface area contributed by atoms with Gasteiger partial charge in [-0.25, -0.2) is 8.42 Å². The fourth-order valence-electron chi connectivity index (χ4n) is 3.09. The summed E-state index contributed by atoms with van der Waals surface area (Å²) in [6, 6.07) is 0. The maximum atomic E-state index is 12.8.